The van der Waals surface area contributed by atoms with E-state index < -0.39 is 5.91 Å². The number of benzene rings is 1. The average molecular weight is 233 g/mol. The average Bonchev–Trinajstić information content (AvgIpc) is 2.56. The molecule has 1 aromatic carbocycles. The highest BCUT2D eigenvalue weighted by Crippen LogP contribution is 2.43. The van der Waals surface area contributed by atoms with Crippen molar-refractivity contribution in [2.45, 2.75) is 32.1 Å². The molecule has 0 saturated heterocycles. The fourth-order valence-corrected chi connectivity index (χ4v) is 2.56. The highest BCUT2D eigenvalue weighted by molar-refractivity contribution is 5.95. The number of halogens is 1. The van der Waals surface area contributed by atoms with Crippen molar-refractivity contribution in [3.05, 3.63) is 41.2 Å². The third kappa shape index (κ3) is 2.38. The van der Waals surface area contributed by atoms with Crippen LogP contribution in [-0.2, 0) is 4.79 Å². The van der Waals surface area contributed by atoms with Gasteiger partial charge in [0.2, 0.25) is 5.91 Å². The molecule has 0 spiro atoms. The number of carbonyl (C=O) groups is 1. The van der Waals surface area contributed by atoms with Gasteiger partial charge < -0.3 is 5.73 Å². The van der Waals surface area contributed by atoms with Crippen LogP contribution < -0.4 is 5.73 Å². The summed E-state index contributed by atoms with van der Waals surface area (Å²) in [5.41, 5.74) is 8.03. The molecular weight excluding hydrogens is 217 g/mol. The minimum atomic E-state index is -0.465. The van der Waals surface area contributed by atoms with Gasteiger partial charge in [-0.15, -0.1) is 0 Å². The Bertz CT molecular complexity index is 479. The largest absolute Gasteiger partial charge is 0.366 e. The molecule has 0 bridgehead atoms. The van der Waals surface area contributed by atoms with Gasteiger partial charge in [-0.05, 0) is 47.6 Å². The van der Waals surface area contributed by atoms with E-state index in [1.165, 1.54) is 18.2 Å². The van der Waals surface area contributed by atoms with E-state index in [9.17, 15) is 9.18 Å². The van der Waals surface area contributed by atoms with Crippen LogP contribution in [0, 0.1) is 5.82 Å². The van der Waals surface area contributed by atoms with Crippen LogP contribution in [0.4, 0.5) is 4.39 Å². The molecular formula is C14H16FNO. The maximum absolute atomic E-state index is 13.2. The molecule has 3 heteroatoms. The first-order valence-corrected chi connectivity index (χ1v) is 5.91. The number of carbonyl (C=O) groups excluding carboxylic acids is 1. The topological polar surface area (TPSA) is 43.1 Å². The van der Waals surface area contributed by atoms with Gasteiger partial charge >= 0.3 is 0 Å². The number of hydrogen-bond acceptors (Lipinski definition) is 1. The van der Waals surface area contributed by atoms with Crippen LogP contribution in [0.3, 0.4) is 0 Å². The van der Waals surface area contributed by atoms with Gasteiger partial charge in [-0.1, -0.05) is 19.4 Å². The third-order valence-electron chi connectivity index (χ3n) is 3.22. The van der Waals surface area contributed by atoms with Gasteiger partial charge in [0, 0.05) is 6.08 Å². The van der Waals surface area contributed by atoms with E-state index in [1.807, 2.05) is 6.07 Å². The molecule has 0 saturated carbocycles. The van der Waals surface area contributed by atoms with Crippen molar-refractivity contribution < 1.29 is 9.18 Å². The lowest BCUT2D eigenvalue weighted by atomic mass is 9.97. The van der Waals surface area contributed by atoms with Gasteiger partial charge in [0.1, 0.15) is 5.82 Å². The number of amides is 1. The molecule has 2 nitrogen and oxygen atoms in total. The quantitative estimate of drug-likeness (QED) is 0.801. The maximum atomic E-state index is 13.2. The first-order chi connectivity index (χ1) is 8.11. The summed E-state index contributed by atoms with van der Waals surface area (Å²) < 4.78 is 13.2. The monoisotopic (exact) mass is 233 g/mol. The fraction of sp³-hybridized carbons (Fsp3) is 0.357. The van der Waals surface area contributed by atoms with Crippen LogP contribution in [0.2, 0.25) is 0 Å². The molecule has 0 heterocycles. The standard InChI is InChI=1S/C14H16FNO/c1-2-3-9-6-10(7-14(16)17)13-8-11(15)4-5-12(9)13/h4-5,7-9H,2-3,6H2,1H3,(H2,16,17). The van der Waals surface area contributed by atoms with Crippen molar-refractivity contribution in [1.29, 1.82) is 0 Å². The molecule has 0 fully saturated rings. The second-order valence-electron chi connectivity index (χ2n) is 4.49. The molecule has 90 valence electrons. The molecule has 1 aromatic rings. The Morgan fingerprint density at radius 2 is 2.35 bits per heavy atom. The van der Waals surface area contributed by atoms with Gasteiger partial charge in [-0.25, -0.2) is 4.39 Å². The van der Waals surface area contributed by atoms with E-state index >= 15 is 0 Å². The van der Waals surface area contributed by atoms with Gasteiger partial charge in [0.15, 0.2) is 0 Å². The SMILES string of the molecule is CCCC1CC(=CC(N)=O)c2cc(F)ccc21. The molecule has 1 unspecified atom stereocenters. The molecule has 0 aliphatic heterocycles. The highest BCUT2D eigenvalue weighted by Gasteiger charge is 2.26. The van der Waals surface area contributed by atoms with Crippen molar-refractivity contribution in [3.63, 3.8) is 0 Å². The molecule has 2 N–H and O–H groups in total. The van der Waals surface area contributed by atoms with Crippen molar-refractivity contribution >= 4 is 11.5 Å². The van der Waals surface area contributed by atoms with Gasteiger partial charge in [-0.2, -0.15) is 0 Å². The fourth-order valence-electron chi connectivity index (χ4n) is 2.56. The predicted octanol–water partition coefficient (Wildman–Crippen LogP) is 2.98. The summed E-state index contributed by atoms with van der Waals surface area (Å²) in [4.78, 5) is 11.0. The summed E-state index contributed by atoms with van der Waals surface area (Å²) in [7, 11) is 0. The number of rotatable bonds is 3. The minimum absolute atomic E-state index is 0.267. The van der Waals surface area contributed by atoms with E-state index in [2.05, 4.69) is 6.92 Å². The van der Waals surface area contributed by atoms with Crippen molar-refractivity contribution in [2.75, 3.05) is 0 Å². The van der Waals surface area contributed by atoms with Crippen molar-refractivity contribution in [3.8, 4) is 0 Å². The summed E-state index contributed by atoms with van der Waals surface area (Å²) in [5.74, 6) is -0.343. The zero-order chi connectivity index (χ0) is 12.4. The summed E-state index contributed by atoms with van der Waals surface area (Å²) >= 11 is 0. The number of nitrogens with two attached hydrogens (primary N) is 1. The minimum Gasteiger partial charge on any atom is -0.366 e. The first kappa shape index (κ1) is 11.8. The zero-order valence-corrected chi connectivity index (χ0v) is 9.87. The van der Waals surface area contributed by atoms with E-state index in [-0.39, 0.29) is 5.82 Å². The van der Waals surface area contributed by atoms with Crippen LogP contribution in [0.5, 0.6) is 0 Å². The molecule has 0 radical (unpaired) electrons. The summed E-state index contributed by atoms with van der Waals surface area (Å²) in [5, 5.41) is 0. The lowest BCUT2D eigenvalue weighted by Gasteiger charge is -2.08. The maximum Gasteiger partial charge on any atom is 0.241 e. The van der Waals surface area contributed by atoms with Crippen LogP contribution in [0.1, 0.15) is 43.2 Å². The lowest BCUT2D eigenvalue weighted by molar-refractivity contribution is -0.113. The number of primary amides is 1. The Kier molecular flexibility index (Phi) is 3.27. The van der Waals surface area contributed by atoms with Gasteiger partial charge in [0.25, 0.3) is 0 Å². The Hall–Kier alpha value is -1.64. The number of allylic oxidation sites excluding steroid dienone is 1. The molecule has 2 rings (SSSR count). The second kappa shape index (κ2) is 4.70. The first-order valence-electron chi connectivity index (χ1n) is 5.91. The molecule has 1 aliphatic rings. The van der Waals surface area contributed by atoms with Gasteiger partial charge in [0.05, 0.1) is 0 Å². The zero-order valence-electron chi connectivity index (χ0n) is 9.87. The number of fused-ring (bicyclic) bond motifs is 1. The van der Waals surface area contributed by atoms with Crippen LogP contribution in [0.25, 0.3) is 5.57 Å². The molecule has 1 atom stereocenters. The van der Waals surface area contributed by atoms with Crippen molar-refractivity contribution in [2.24, 2.45) is 5.73 Å². The summed E-state index contributed by atoms with van der Waals surface area (Å²) in [6.45, 7) is 2.12. The van der Waals surface area contributed by atoms with Crippen molar-refractivity contribution in [1.82, 2.24) is 0 Å². The second-order valence-corrected chi connectivity index (χ2v) is 4.49. The van der Waals surface area contributed by atoms with Crippen LogP contribution in [-0.4, -0.2) is 5.91 Å². The highest BCUT2D eigenvalue weighted by atomic mass is 19.1. The van der Waals surface area contributed by atoms with Crippen LogP contribution >= 0.6 is 0 Å². The lowest BCUT2D eigenvalue weighted by Crippen LogP contribution is -2.06. The van der Waals surface area contributed by atoms with E-state index in [1.54, 1.807) is 0 Å². The smallest absolute Gasteiger partial charge is 0.241 e. The molecule has 17 heavy (non-hydrogen) atoms. The van der Waals surface area contributed by atoms with Gasteiger partial charge in [-0.3, -0.25) is 4.79 Å². The molecule has 0 aromatic heterocycles. The van der Waals surface area contributed by atoms with Crippen LogP contribution in [0.15, 0.2) is 24.3 Å². The third-order valence-corrected chi connectivity index (χ3v) is 3.22. The van der Waals surface area contributed by atoms with E-state index in [4.69, 9.17) is 5.73 Å². The molecule has 1 aliphatic carbocycles. The normalized spacial score (nSPS) is 20.6. The molecule has 1 amide bonds. The Morgan fingerprint density at radius 3 is 3.00 bits per heavy atom. The Morgan fingerprint density at radius 1 is 1.59 bits per heavy atom. The van der Waals surface area contributed by atoms with E-state index in [0.29, 0.717) is 5.92 Å². The predicted molar refractivity (Wildman–Crippen MR) is 65.8 cm³/mol. The van der Waals surface area contributed by atoms with E-state index in [0.717, 1.165) is 36.0 Å². The Labute approximate surface area is 100 Å². The summed E-state index contributed by atoms with van der Waals surface area (Å²) in [6.07, 6.45) is 4.34. The Balaban J connectivity index is 2.44. The summed E-state index contributed by atoms with van der Waals surface area (Å²) in [6, 6.07) is 4.81. The number of hydrogen-bond donors (Lipinski definition) is 1.